The fourth-order valence-corrected chi connectivity index (χ4v) is 4.76. The van der Waals surface area contributed by atoms with Gasteiger partial charge in [0, 0.05) is 32.1 Å². The van der Waals surface area contributed by atoms with Crippen LogP contribution >= 0.6 is 0 Å². The molecule has 2 saturated heterocycles. The minimum Gasteiger partial charge on any atom is -0.356 e. The number of benzene rings is 1. The Morgan fingerprint density at radius 3 is 2.86 bits per heavy atom. The summed E-state index contributed by atoms with van der Waals surface area (Å²) in [5.41, 5.74) is 3.33. The summed E-state index contributed by atoms with van der Waals surface area (Å²) in [6.45, 7) is 10.5. The molecule has 2 aliphatic rings. The molecule has 158 valence electrons. The molecule has 1 amide bonds. The van der Waals surface area contributed by atoms with Gasteiger partial charge in [-0.1, -0.05) is 13.0 Å². The van der Waals surface area contributed by atoms with Crippen molar-refractivity contribution in [1.82, 2.24) is 20.2 Å². The van der Waals surface area contributed by atoms with E-state index in [-0.39, 0.29) is 11.8 Å². The monoisotopic (exact) mass is 397 g/mol. The summed E-state index contributed by atoms with van der Waals surface area (Å²) in [5.74, 6) is 2.12. The van der Waals surface area contributed by atoms with E-state index < -0.39 is 0 Å². The van der Waals surface area contributed by atoms with Crippen LogP contribution in [0.4, 0.5) is 5.95 Å². The summed E-state index contributed by atoms with van der Waals surface area (Å²) in [6, 6.07) is 6.29. The molecule has 0 radical (unpaired) electrons. The predicted octanol–water partition coefficient (Wildman–Crippen LogP) is 3.33. The third-order valence-corrected chi connectivity index (χ3v) is 6.48. The van der Waals surface area contributed by atoms with Crippen molar-refractivity contribution in [1.29, 1.82) is 0 Å². The third-order valence-electron chi connectivity index (χ3n) is 6.48. The van der Waals surface area contributed by atoms with Crippen LogP contribution in [0.1, 0.15) is 44.6 Å². The maximum atomic E-state index is 12.6. The lowest BCUT2D eigenvalue weighted by Gasteiger charge is -2.31. The van der Waals surface area contributed by atoms with Crippen molar-refractivity contribution in [2.75, 3.05) is 44.2 Å². The van der Waals surface area contributed by atoms with Gasteiger partial charge in [-0.05, 0) is 75.7 Å². The van der Waals surface area contributed by atoms with Crippen LogP contribution in [0.25, 0.3) is 11.0 Å². The molecular formula is C23H35N5O. The number of amides is 1. The van der Waals surface area contributed by atoms with Gasteiger partial charge in [-0.15, -0.1) is 0 Å². The van der Waals surface area contributed by atoms with Crippen LogP contribution < -0.4 is 10.2 Å². The highest BCUT2D eigenvalue weighted by Gasteiger charge is 2.26. The molecule has 0 spiro atoms. The fraction of sp³-hybridized carbons (Fsp3) is 0.652. The lowest BCUT2D eigenvalue weighted by atomic mass is 9.96. The Hall–Kier alpha value is -2.08. The van der Waals surface area contributed by atoms with Crippen molar-refractivity contribution < 1.29 is 4.79 Å². The number of H-pyrrole nitrogens is 1. The second-order valence-electron chi connectivity index (χ2n) is 9.03. The Morgan fingerprint density at radius 1 is 1.24 bits per heavy atom. The number of nitrogens with zero attached hydrogens (tertiary/aromatic N) is 3. The van der Waals surface area contributed by atoms with E-state index in [0.717, 1.165) is 68.3 Å². The van der Waals surface area contributed by atoms with Crippen LogP contribution in [0.3, 0.4) is 0 Å². The van der Waals surface area contributed by atoms with Crippen LogP contribution in [-0.2, 0) is 4.79 Å². The number of aromatic nitrogens is 2. The van der Waals surface area contributed by atoms with Crippen LogP contribution in [0.2, 0.25) is 0 Å². The molecular weight excluding hydrogens is 362 g/mol. The average molecular weight is 398 g/mol. The molecule has 2 N–H and O–H groups in total. The van der Waals surface area contributed by atoms with Crippen molar-refractivity contribution in [2.45, 2.75) is 46.0 Å². The number of fused-ring (bicyclic) bond motifs is 1. The number of rotatable bonds is 6. The Morgan fingerprint density at radius 2 is 2.07 bits per heavy atom. The van der Waals surface area contributed by atoms with Gasteiger partial charge in [0.15, 0.2) is 0 Å². The maximum absolute atomic E-state index is 12.6. The molecule has 2 aromatic rings. The summed E-state index contributed by atoms with van der Waals surface area (Å²) in [4.78, 5) is 25.5. The molecule has 1 atom stereocenters. The first-order valence-corrected chi connectivity index (χ1v) is 11.3. The zero-order valence-electron chi connectivity index (χ0n) is 17.9. The smallest absolute Gasteiger partial charge is 0.223 e. The molecule has 1 aromatic carbocycles. The second kappa shape index (κ2) is 9.16. The maximum Gasteiger partial charge on any atom is 0.223 e. The summed E-state index contributed by atoms with van der Waals surface area (Å²) < 4.78 is 0. The molecule has 2 aliphatic heterocycles. The number of hydrogen-bond donors (Lipinski definition) is 2. The van der Waals surface area contributed by atoms with Gasteiger partial charge in [0.2, 0.25) is 11.9 Å². The Kier molecular flexibility index (Phi) is 6.38. The highest BCUT2D eigenvalue weighted by molar-refractivity contribution is 5.80. The topological polar surface area (TPSA) is 64.3 Å². The van der Waals surface area contributed by atoms with Gasteiger partial charge in [-0.3, -0.25) is 4.79 Å². The van der Waals surface area contributed by atoms with E-state index in [9.17, 15) is 4.79 Å². The molecule has 0 unspecified atom stereocenters. The molecule has 0 bridgehead atoms. The van der Waals surface area contributed by atoms with E-state index >= 15 is 0 Å². The lowest BCUT2D eigenvalue weighted by Crippen LogP contribution is -2.42. The van der Waals surface area contributed by atoms with Crippen molar-refractivity contribution in [3.63, 3.8) is 0 Å². The zero-order valence-corrected chi connectivity index (χ0v) is 17.9. The normalized spacial score (nSPS) is 21.6. The highest BCUT2D eigenvalue weighted by atomic mass is 16.1. The van der Waals surface area contributed by atoms with Gasteiger partial charge >= 0.3 is 0 Å². The molecule has 29 heavy (non-hydrogen) atoms. The average Bonchev–Trinajstić information content (AvgIpc) is 3.14. The lowest BCUT2D eigenvalue weighted by molar-refractivity contribution is -0.125. The molecule has 0 saturated carbocycles. The van der Waals surface area contributed by atoms with Crippen molar-refractivity contribution >= 4 is 22.9 Å². The van der Waals surface area contributed by atoms with Gasteiger partial charge in [0.05, 0.1) is 11.0 Å². The van der Waals surface area contributed by atoms with E-state index in [1.807, 2.05) is 0 Å². The summed E-state index contributed by atoms with van der Waals surface area (Å²) >= 11 is 0. The summed E-state index contributed by atoms with van der Waals surface area (Å²) in [6.07, 6.45) is 5.52. The number of aromatic amines is 1. The summed E-state index contributed by atoms with van der Waals surface area (Å²) in [7, 11) is 0. The standard InChI is InChI=1S/C23H35N5O/c1-17-6-7-20-21(15-17)26-23(25-20)28-13-8-19(9-14-28)22(29)24-10-4-12-27-11-3-5-18(2)16-27/h6-7,15,18-19H,3-5,8-14,16H2,1-2H3,(H,24,29)(H,25,26)/t18-/m0/s1. The first-order chi connectivity index (χ1) is 14.1. The number of carbonyl (C=O) groups is 1. The van der Waals surface area contributed by atoms with Gasteiger partial charge in [0.25, 0.3) is 0 Å². The van der Waals surface area contributed by atoms with E-state index in [1.54, 1.807) is 0 Å². The van der Waals surface area contributed by atoms with Gasteiger partial charge in [0.1, 0.15) is 0 Å². The van der Waals surface area contributed by atoms with Crippen LogP contribution in [0.5, 0.6) is 0 Å². The molecule has 3 heterocycles. The molecule has 1 aromatic heterocycles. The summed E-state index contributed by atoms with van der Waals surface area (Å²) in [5, 5.41) is 3.18. The Balaban J connectivity index is 1.19. The number of hydrogen-bond acceptors (Lipinski definition) is 4. The minimum atomic E-state index is 0.132. The van der Waals surface area contributed by atoms with Gasteiger partial charge in [-0.2, -0.15) is 0 Å². The first-order valence-electron chi connectivity index (χ1n) is 11.3. The quantitative estimate of drug-likeness (QED) is 0.734. The highest BCUT2D eigenvalue weighted by Crippen LogP contribution is 2.24. The minimum absolute atomic E-state index is 0.132. The third kappa shape index (κ3) is 5.10. The molecule has 6 nitrogen and oxygen atoms in total. The molecule has 2 fully saturated rings. The number of piperidine rings is 2. The van der Waals surface area contributed by atoms with Gasteiger partial charge < -0.3 is 20.1 Å². The first kappa shape index (κ1) is 20.2. The van der Waals surface area contributed by atoms with Crippen molar-refractivity contribution in [2.24, 2.45) is 11.8 Å². The SMILES string of the molecule is Cc1ccc2nc(N3CCC(C(=O)NCCCN4CCC[C@H](C)C4)CC3)[nH]c2c1. The number of anilines is 1. The van der Waals surface area contributed by atoms with E-state index in [1.165, 1.54) is 31.5 Å². The number of nitrogens with one attached hydrogen (secondary N) is 2. The van der Waals surface area contributed by atoms with Gasteiger partial charge in [-0.25, -0.2) is 4.98 Å². The van der Waals surface area contributed by atoms with Crippen molar-refractivity contribution in [3.8, 4) is 0 Å². The Labute approximate surface area is 174 Å². The molecule has 6 heteroatoms. The second-order valence-corrected chi connectivity index (χ2v) is 9.03. The predicted molar refractivity (Wildman–Crippen MR) is 118 cm³/mol. The van der Waals surface area contributed by atoms with Crippen LogP contribution in [0.15, 0.2) is 18.2 Å². The fourth-order valence-electron chi connectivity index (χ4n) is 4.76. The van der Waals surface area contributed by atoms with Crippen molar-refractivity contribution in [3.05, 3.63) is 23.8 Å². The zero-order chi connectivity index (χ0) is 20.2. The number of likely N-dealkylation sites (tertiary alicyclic amines) is 1. The van der Waals surface area contributed by atoms with E-state index in [4.69, 9.17) is 4.98 Å². The number of imidazole rings is 1. The number of aryl methyl sites for hydroxylation is 1. The molecule has 0 aliphatic carbocycles. The van der Waals surface area contributed by atoms with Crippen LogP contribution in [-0.4, -0.2) is 60.0 Å². The molecule has 4 rings (SSSR count). The van der Waals surface area contributed by atoms with E-state index in [2.05, 4.69) is 52.1 Å². The van der Waals surface area contributed by atoms with Crippen LogP contribution in [0, 0.1) is 18.8 Å². The Bertz CT molecular complexity index is 824. The van der Waals surface area contributed by atoms with E-state index in [0.29, 0.717) is 0 Å². The largest absolute Gasteiger partial charge is 0.356 e. The number of carbonyl (C=O) groups excluding carboxylic acids is 1.